The molecule has 0 radical (unpaired) electrons. The van der Waals surface area contributed by atoms with Gasteiger partial charge in [-0.25, -0.2) is 14.5 Å². The molecule has 0 aromatic carbocycles. The van der Waals surface area contributed by atoms with Crippen molar-refractivity contribution in [1.82, 2.24) is 0 Å². The van der Waals surface area contributed by atoms with Crippen molar-refractivity contribution >= 4 is 18.1 Å². The summed E-state index contributed by atoms with van der Waals surface area (Å²) in [5.41, 5.74) is 0. The summed E-state index contributed by atoms with van der Waals surface area (Å²) in [6, 6.07) is 0. The van der Waals surface area contributed by atoms with Gasteiger partial charge in [0.1, 0.15) is 0 Å². The van der Waals surface area contributed by atoms with Crippen molar-refractivity contribution in [3.05, 3.63) is 0 Å². The Morgan fingerprint density at radius 1 is 0.917 bits per heavy atom. The van der Waals surface area contributed by atoms with Gasteiger partial charge in [-0.15, -0.1) is 0 Å². The molecule has 0 aromatic rings. The van der Waals surface area contributed by atoms with E-state index in [1.165, 1.54) is 0 Å². The van der Waals surface area contributed by atoms with Crippen LogP contribution in [-0.4, -0.2) is 18.1 Å². The van der Waals surface area contributed by atoms with Gasteiger partial charge in [-0.05, 0) is 0 Å². The van der Waals surface area contributed by atoms with Crippen LogP contribution in [0.25, 0.3) is 0 Å². The van der Waals surface area contributed by atoms with E-state index in [9.17, 15) is 14.4 Å². The molecule has 0 unspecified atom stereocenters. The molecule has 1 aliphatic rings. The highest BCUT2D eigenvalue weighted by molar-refractivity contribution is 5.84. The van der Waals surface area contributed by atoms with Crippen molar-refractivity contribution in [1.29, 1.82) is 0 Å². The fraction of sp³-hybridized carbons (Fsp3) is 0.400. The first-order valence-electron chi connectivity index (χ1n) is 2.97. The van der Waals surface area contributed by atoms with Crippen LogP contribution in [0.15, 0.2) is 0 Å². The molecule has 0 bridgehead atoms. The van der Waals surface area contributed by atoms with Gasteiger partial charge in [-0.2, -0.15) is 0 Å². The van der Waals surface area contributed by atoms with E-state index in [0.717, 1.165) is 0 Å². The zero-order chi connectivity index (χ0) is 8.97. The number of ether oxygens (including phenoxy) is 1. The summed E-state index contributed by atoms with van der Waals surface area (Å²) in [7, 11) is 0. The quantitative estimate of drug-likeness (QED) is 0.288. The first-order chi connectivity index (χ1) is 5.68. The van der Waals surface area contributed by atoms with E-state index in [1.807, 2.05) is 0 Å². The zero-order valence-corrected chi connectivity index (χ0v) is 5.77. The Balaban J connectivity index is 2.52. The molecule has 1 saturated heterocycles. The highest BCUT2D eigenvalue weighted by Gasteiger charge is 2.19. The number of carbonyl (C=O) groups excluding carboxylic acids is 3. The number of cyclic esters (lactones) is 2. The van der Waals surface area contributed by atoms with Crippen LogP contribution in [0.1, 0.15) is 12.8 Å². The van der Waals surface area contributed by atoms with Gasteiger partial charge >= 0.3 is 18.1 Å². The minimum absolute atomic E-state index is 0.227. The van der Waals surface area contributed by atoms with E-state index < -0.39 is 18.1 Å². The van der Waals surface area contributed by atoms with E-state index in [1.54, 1.807) is 0 Å². The fourth-order valence-electron chi connectivity index (χ4n) is 0.490. The first-order valence-corrected chi connectivity index (χ1v) is 2.97. The van der Waals surface area contributed by atoms with Crippen LogP contribution in [0.5, 0.6) is 0 Å². The van der Waals surface area contributed by atoms with Crippen LogP contribution in [-0.2, 0) is 29.1 Å². The molecule has 1 fully saturated rings. The zero-order valence-electron chi connectivity index (χ0n) is 5.77. The van der Waals surface area contributed by atoms with Crippen LogP contribution < -0.4 is 0 Å². The number of carbonyl (C=O) groups is 3. The van der Waals surface area contributed by atoms with Gasteiger partial charge in [0.15, 0.2) is 0 Å². The third-order valence-corrected chi connectivity index (χ3v) is 0.959. The lowest BCUT2D eigenvalue weighted by Crippen LogP contribution is -2.11. The number of rotatable bonds is 0. The molecule has 12 heavy (non-hydrogen) atoms. The minimum atomic E-state index is -1.37. The van der Waals surface area contributed by atoms with E-state index in [4.69, 9.17) is 0 Å². The summed E-state index contributed by atoms with van der Waals surface area (Å²) >= 11 is 0. The first kappa shape index (κ1) is 8.47. The molecule has 7 heteroatoms. The Morgan fingerprint density at radius 3 is 2.33 bits per heavy atom. The second-order valence-corrected chi connectivity index (χ2v) is 1.83. The molecule has 1 heterocycles. The number of esters is 1. The maximum Gasteiger partial charge on any atom is 0.551 e. The van der Waals surface area contributed by atoms with Gasteiger partial charge < -0.3 is 4.74 Å². The summed E-state index contributed by atoms with van der Waals surface area (Å²) in [4.78, 5) is 38.9. The molecular weight excluding hydrogens is 172 g/mol. The Bertz CT molecular complexity index is 220. The smallest absolute Gasteiger partial charge is 0.359 e. The van der Waals surface area contributed by atoms with Gasteiger partial charge in [0, 0.05) is 5.04 Å². The summed E-state index contributed by atoms with van der Waals surface area (Å²) in [6.07, 6.45) is -1.85. The highest BCUT2D eigenvalue weighted by atomic mass is 17.5. The fourth-order valence-corrected chi connectivity index (χ4v) is 0.490. The van der Waals surface area contributed by atoms with Crippen LogP contribution in [0.3, 0.4) is 0 Å². The van der Waals surface area contributed by atoms with Gasteiger partial charge in [0.2, 0.25) is 0 Å². The van der Waals surface area contributed by atoms with Crippen molar-refractivity contribution in [2.24, 2.45) is 0 Å². The van der Waals surface area contributed by atoms with Crippen molar-refractivity contribution in [2.45, 2.75) is 12.8 Å². The van der Waals surface area contributed by atoms with Crippen LogP contribution in [0.4, 0.5) is 4.79 Å². The van der Waals surface area contributed by atoms with Gasteiger partial charge in [0.25, 0.3) is 0 Å². The Hall–Kier alpha value is -1.63. The maximum atomic E-state index is 10.6. The van der Waals surface area contributed by atoms with E-state index in [2.05, 4.69) is 19.6 Å². The van der Waals surface area contributed by atoms with E-state index in [-0.39, 0.29) is 12.8 Å². The average Bonchev–Trinajstić information content (AvgIpc) is 2.05. The molecule has 0 amide bonds. The topological polar surface area (TPSA) is 88.1 Å². The molecule has 7 nitrogen and oxygen atoms in total. The summed E-state index contributed by atoms with van der Waals surface area (Å²) in [6.45, 7) is 0. The Morgan fingerprint density at radius 2 is 1.58 bits per heavy atom. The molecule has 0 saturated carbocycles. The van der Waals surface area contributed by atoms with Gasteiger partial charge in [-0.1, -0.05) is 0 Å². The standard InChI is InChI=1S/C5H4O7/c6-3-1-2-4(7)10-12-11-5(8)9-3/h1-2H2. The third kappa shape index (κ3) is 2.54. The molecule has 1 rings (SSSR count). The molecule has 66 valence electrons. The summed E-state index contributed by atoms with van der Waals surface area (Å²) < 4.78 is 3.96. The third-order valence-electron chi connectivity index (χ3n) is 0.959. The van der Waals surface area contributed by atoms with E-state index >= 15 is 0 Å². The second-order valence-electron chi connectivity index (χ2n) is 1.83. The lowest BCUT2D eigenvalue weighted by Gasteiger charge is -1.95. The highest BCUT2D eigenvalue weighted by Crippen LogP contribution is 2.01. The molecule has 0 aromatic heterocycles. The average molecular weight is 176 g/mol. The Labute approximate surface area is 66.0 Å². The molecule has 1 aliphatic heterocycles. The maximum absolute atomic E-state index is 10.6. The predicted molar refractivity (Wildman–Crippen MR) is 29.0 cm³/mol. The van der Waals surface area contributed by atoms with Gasteiger partial charge in [0.05, 0.1) is 12.8 Å². The molecular formula is C5H4O7. The SMILES string of the molecule is O=C1CCC(=O)OC(=O)OOO1. The van der Waals surface area contributed by atoms with Crippen molar-refractivity contribution < 1.29 is 33.9 Å². The molecule has 0 aliphatic carbocycles. The second kappa shape index (κ2) is 3.67. The van der Waals surface area contributed by atoms with E-state index in [0.29, 0.717) is 0 Å². The number of hydrogen-bond acceptors (Lipinski definition) is 7. The van der Waals surface area contributed by atoms with Crippen molar-refractivity contribution in [2.75, 3.05) is 0 Å². The van der Waals surface area contributed by atoms with Crippen LogP contribution in [0.2, 0.25) is 0 Å². The largest absolute Gasteiger partial charge is 0.551 e. The summed E-state index contributed by atoms with van der Waals surface area (Å²) in [5, 5.41) is 3.65. The van der Waals surface area contributed by atoms with Crippen LogP contribution in [0, 0.1) is 0 Å². The number of hydrogen-bond donors (Lipinski definition) is 0. The molecule has 0 spiro atoms. The lowest BCUT2D eigenvalue weighted by atomic mass is 10.3. The van der Waals surface area contributed by atoms with Gasteiger partial charge in [-0.3, -0.25) is 9.68 Å². The lowest BCUT2D eigenvalue weighted by molar-refractivity contribution is -0.457. The Kier molecular flexibility index (Phi) is 2.59. The van der Waals surface area contributed by atoms with Crippen LogP contribution >= 0.6 is 0 Å². The van der Waals surface area contributed by atoms with Crippen molar-refractivity contribution in [3.8, 4) is 0 Å². The molecule has 0 N–H and O–H groups in total. The van der Waals surface area contributed by atoms with Crippen molar-refractivity contribution in [3.63, 3.8) is 0 Å². The predicted octanol–water partition coefficient (Wildman–Crippen LogP) is -0.150. The summed E-state index contributed by atoms with van der Waals surface area (Å²) in [5.74, 6) is -1.69. The monoisotopic (exact) mass is 176 g/mol. The minimum Gasteiger partial charge on any atom is -0.359 e. The molecule has 0 atom stereocenters. The normalized spacial score (nSPS) is 19.5.